The summed E-state index contributed by atoms with van der Waals surface area (Å²) in [5, 5.41) is 10.2. The van der Waals surface area contributed by atoms with E-state index < -0.39 is 0 Å². The van der Waals surface area contributed by atoms with Crippen LogP contribution in [-0.2, 0) is 14.3 Å². The second-order valence-electron chi connectivity index (χ2n) is 16.5. The maximum absolute atomic E-state index is 8.81. The molecular weight excluding hydrogens is 729 g/mol. The van der Waals surface area contributed by atoms with Gasteiger partial charge in [0.25, 0.3) is 6.47 Å². The molecule has 1 unspecified atom stereocenters. The molecule has 0 bridgehead atoms. The fraction of sp³-hybridized carbons (Fsp3) is 0.925. The number of nitrogens with zero attached hydrogens (tertiary/aromatic N) is 1. The summed E-state index contributed by atoms with van der Waals surface area (Å²) in [7, 11) is 3.92. The lowest BCUT2D eigenvalue weighted by Gasteiger charge is -2.22. The fourth-order valence-electron chi connectivity index (χ4n) is 7.63. The first-order chi connectivity index (χ1) is 29.0. The lowest BCUT2D eigenvalue weighted by molar-refractivity contribution is -0.122. The number of carbonyl (C=O) groups is 2. The standard InChI is InChI=1S/C37H76N2.C11H24O.C2H4O.C2H6.CH2O2/c1-5-8-11-14-17-22-27-34-39(36-29-33-38-4)35-28-23-18-21-26-32-37(30-24-19-15-12-9-6-2)31-25-20-16-13-10-7-3;1-4-6-7-8-10-11(12-3)9-5-2;1-2-3;1-2;2-1-3/h5,37-38H,1,6-36H2,2-4H3;11H,4-10H2,1-3H3;2H,1H3;1-2H3;1H,(H,2,3). The van der Waals surface area contributed by atoms with Crippen molar-refractivity contribution in [3.8, 4) is 0 Å². The van der Waals surface area contributed by atoms with Crippen LogP contribution in [0.4, 0.5) is 0 Å². The monoisotopic (exact) mass is 841 g/mol. The van der Waals surface area contributed by atoms with Crippen LogP contribution in [0.5, 0.6) is 0 Å². The maximum atomic E-state index is 8.81. The summed E-state index contributed by atoms with van der Waals surface area (Å²) in [4.78, 5) is 19.9. The topological polar surface area (TPSA) is 78.9 Å². The molecule has 0 fully saturated rings. The van der Waals surface area contributed by atoms with Crippen LogP contribution in [0, 0.1) is 5.92 Å². The van der Waals surface area contributed by atoms with Crippen molar-refractivity contribution in [3.63, 3.8) is 0 Å². The Morgan fingerprint density at radius 3 is 1.25 bits per heavy atom. The number of methoxy groups -OCH3 is 1. The summed E-state index contributed by atoms with van der Waals surface area (Å²) in [5.41, 5.74) is 0. The number of carbonyl (C=O) groups excluding carboxylic acids is 1. The number of allylic oxidation sites excluding steroid dienone is 1. The second-order valence-corrected chi connectivity index (χ2v) is 16.5. The third-order valence-corrected chi connectivity index (χ3v) is 11.1. The van der Waals surface area contributed by atoms with E-state index in [9.17, 15) is 0 Å². The zero-order valence-electron chi connectivity index (χ0n) is 42.1. The highest BCUT2D eigenvalue weighted by molar-refractivity contribution is 5.44. The molecule has 0 aliphatic heterocycles. The van der Waals surface area contributed by atoms with E-state index in [4.69, 9.17) is 19.4 Å². The van der Waals surface area contributed by atoms with Gasteiger partial charge in [-0.15, -0.1) is 6.58 Å². The van der Waals surface area contributed by atoms with Crippen molar-refractivity contribution in [3.05, 3.63) is 12.7 Å². The van der Waals surface area contributed by atoms with Gasteiger partial charge < -0.3 is 24.9 Å². The van der Waals surface area contributed by atoms with Crippen molar-refractivity contribution in [2.24, 2.45) is 5.92 Å². The highest BCUT2D eigenvalue weighted by atomic mass is 16.5. The van der Waals surface area contributed by atoms with Gasteiger partial charge in [-0.2, -0.15) is 0 Å². The Morgan fingerprint density at radius 2 is 0.881 bits per heavy atom. The van der Waals surface area contributed by atoms with Crippen LogP contribution in [0.3, 0.4) is 0 Å². The van der Waals surface area contributed by atoms with E-state index in [2.05, 4.69) is 57.6 Å². The summed E-state index contributed by atoms with van der Waals surface area (Å²) in [5.74, 6) is 1.02. The van der Waals surface area contributed by atoms with Crippen molar-refractivity contribution in [1.82, 2.24) is 10.2 Å². The zero-order valence-corrected chi connectivity index (χ0v) is 42.1. The fourth-order valence-corrected chi connectivity index (χ4v) is 7.63. The summed E-state index contributed by atoms with van der Waals surface area (Å²) in [6.45, 7) is 23.2. The van der Waals surface area contributed by atoms with Crippen LogP contribution in [0.25, 0.3) is 0 Å². The van der Waals surface area contributed by atoms with Crippen molar-refractivity contribution in [2.45, 2.75) is 273 Å². The Labute approximate surface area is 373 Å². The lowest BCUT2D eigenvalue weighted by Crippen LogP contribution is -2.29. The van der Waals surface area contributed by atoms with Crippen LogP contribution in [-0.4, -0.2) is 69.2 Å². The van der Waals surface area contributed by atoms with Crippen LogP contribution >= 0.6 is 0 Å². The van der Waals surface area contributed by atoms with Crippen molar-refractivity contribution in [2.75, 3.05) is 40.3 Å². The van der Waals surface area contributed by atoms with E-state index in [1.54, 1.807) is 0 Å². The largest absolute Gasteiger partial charge is 0.483 e. The maximum Gasteiger partial charge on any atom is 0.290 e. The average molecular weight is 841 g/mol. The van der Waals surface area contributed by atoms with E-state index in [1.165, 1.54) is 245 Å². The third-order valence-electron chi connectivity index (χ3n) is 11.1. The zero-order chi connectivity index (χ0) is 45.1. The van der Waals surface area contributed by atoms with E-state index in [1.807, 2.05) is 21.0 Å². The van der Waals surface area contributed by atoms with Gasteiger partial charge in [0.05, 0.1) is 6.10 Å². The van der Waals surface area contributed by atoms with Crippen LogP contribution in [0.1, 0.15) is 267 Å². The SMILES string of the molecule is C=CCCCCCCCN(CCCCCCCC(CCCCCCCC)CCCCCCCC)CCCNC.CC.CC=O.CCCCCCC(CCC)OC.O=CO. The number of rotatable bonds is 42. The third kappa shape index (κ3) is 68.7. The Bertz CT molecular complexity index is 685. The molecular formula is C53H112N2O4. The number of hydrogen-bond donors (Lipinski definition) is 2. The van der Waals surface area contributed by atoms with E-state index in [-0.39, 0.29) is 6.47 Å². The summed E-state index contributed by atoms with van der Waals surface area (Å²) in [6, 6.07) is 0. The average Bonchev–Trinajstić information content (AvgIpc) is 3.24. The van der Waals surface area contributed by atoms with Gasteiger partial charge in [0.15, 0.2) is 0 Å². The molecule has 358 valence electrons. The Hall–Kier alpha value is -1.24. The molecule has 2 N–H and O–H groups in total. The number of unbranched alkanes of at least 4 members (excludes halogenated alkanes) is 22. The van der Waals surface area contributed by atoms with Crippen LogP contribution < -0.4 is 5.32 Å². The van der Waals surface area contributed by atoms with Crippen LogP contribution in [0.15, 0.2) is 12.7 Å². The minimum Gasteiger partial charge on any atom is -0.483 e. The Morgan fingerprint density at radius 1 is 0.542 bits per heavy atom. The number of nitrogens with one attached hydrogen (secondary N) is 1. The van der Waals surface area contributed by atoms with Gasteiger partial charge in [-0.25, -0.2) is 0 Å². The molecule has 6 nitrogen and oxygen atoms in total. The van der Waals surface area contributed by atoms with E-state index in [0.29, 0.717) is 6.10 Å². The van der Waals surface area contributed by atoms with Gasteiger partial charge >= 0.3 is 0 Å². The van der Waals surface area contributed by atoms with Crippen molar-refractivity contribution >= 4 is 12.8 Å². The minimum absolute atomic E-state index is 0.250. The number of hydrogen-bond acceptors (Lipinski definition) is 5. The molecule has 0 rings (SSSR count). The molecule has 0 saturated heterocycles. The summed E-state index contributed by atoms with van der Waals surface area (Å²) in [6.07, 6.45) is 51.0. The lowest BCUT2D eigenvalue weighted by atomic mass is 9.89. The summed E-state index contributed by atoms with van der Waals surface area (Å²) < 4.78 is 5.37. The van der Waals surface area contributed by atoms with Gasteiger partial charge in [0, 0.05) is 7.11 Å². The van der Waals surface area contributed by atoms with Crippen LogP contribution in [0.2, 0.25) is 0 Å². The molecule has 0 radical (unpaired) electrons. The molecule has 59 heavy (non-hydrogen) atoms. The molecule has 0 spiro atoms. The first kappa shape index (κ1) is 66.9. The van der Waals surface area contributed by atoms with E-state index in [0.717, 1.165) is 18.7 Å². The molecule has 0 saturated carbocycles. The predicted octanol–water partition coefficient (Wildman–Crippen LogP) is 16.6. The molecule has 6 heteroatoms. The summed E-state index contributed by atoms with van der Waals surface area (Å²) >= 11 is 0. The Balaban J connectivity index is -0.000000400. The molecule has 1 atom stereocenters. The highest BCUT2D eigenvalue weighted by Crippen LogP contribution is 2.25. The van der Waals surface area contributed by atoms with Crippen molar-refractivity contribution < 1.29 is 19.4 Å². The van der Waals surface area contributed by atoms with Gasteiger partial charge in [-0.05, 0) is 91.0 Å². The van der Waals surface area contributed by atoms with Gasteiger partial charge in [0.1, 0.15) is 6.29 Å². The molecule has 0 aliphatic carbocycles. The van der Waals surface area contributed by atoms with Gasteiger partial charge in [0.2, 0.25) is 0 Å². The molecule has 0 aromatic heterocycles. The molecule has 0 heterocycles. The second kappa shape index (κ2) is 68.5. The van der Waals surface area contributed by atoms with Gasteiger partial charge in [-0.1, -0.05) is 221 Å². The smallest absolute Gasteiger partial charge is 0.290 e. The quantitative estimate of drug-likeness (QED) is 0.0362. The molecule has 0 amide bonds. The highest BCUT2D eigenvalue weighted by Gasteiger charge is 2.10. The first-order valence-corrected chi connectivity index (χ1v) is 25.9. The molecule has 0 aliphatic rings. The number of carboxylic acid groups (broad SMARTS) is 1. The molecule has 0 aromatic carbocycles. The minimum atomic E-state index is -0.250. The van der Waals surface area contributed by atoms with Crippen molar-refractivity contribution in [1.29, 1.82) is 0 Å². The van der Waals surface area contributed by atoms with Gasteiger partial charge in [-0.3, -0.25) is 4.79 Å². The van der Waals surface area contributed by atoms with E-state index >= 15 is 0 Å². The molecule has 0 aromatic rings. The predicted molar refractivity (Wildman–Crippen MR) is 266 cm³/mol. The number of aldehydes is 1. The Kier molecular flexibility index (Phi) is 77.6. The first-order valence-electron chi connectivity index (χ1n) is 25.9. The number of ether oxygens (including phenoxy) is 1. The normalized spacial score (nSPS) is 11.0.